The number of halogens is 2. The van der Waals surface area contributed by atoms with Gasteiger partial charge in [0, 0.05) is 10.0 Å². The van der Waals surface area contributed by atoms with Crippen molar-refractivity contribution in [1.82, 2.24) is 0 Å². The Kier molecular flexibility index (Phi) is 3.50. The number of phenols is 1. The molecule has 0 saturated heterocycles. The summed E-state index contributed by atoms with van der Waals surface area (Å²) in [5.41, 5.74) is 7.75. The predicted molar refractivity (Wildman–Crippen MR) is 58.2 cm³/mol. The Morgan fingerprint density at radius 1 is 1.57 bits per heavy atom. The molecule has 0 spiro atoms. The minimum absolute atomic E-state index is 0.0633. The molecule has 0 amide bonds. The molecule has 0 heterocycles. The first-order valence-corrected chi connectivity index (χ1v) is 5.08. The molecule has 0 radical (unpaired) electrons. The van der Waals surface area contributed by atoms with E-state index in [1.165, 1.54) is 0 Å². The number of rotatable bonds is 2. The lowest BCUT2D eigenvalue weighted by molar-refractivity contribution is 0.413. The third-order valence-corrected chi connectivity index (χ3v) is 3.47. The van der Waals surface area contributed by atoms with Gasteiger partial charge in [-0.2, -0.15) is 0 Å². The molecule has 1 aromatic carbocycles. The highest BCUT2D eigenvalue weighted by Crippen LogP contribution is 2.34. The van der Waals surface area contributed by atoms with Crippen LogP contribution in [0.2, 0.25) is 0 Å². The van der Waals surface area contributed by atoms with Gasteiger partial charge in [0.25, 0.3) is 0 Å². The standard InChI is InChI=1S/C10H13BrFNO/c1-5-3-8(14)9(7(13)4-12)6(2)10(5)11/h3,7,14H,4,13H2,1-2H3/t7-/m0/s1. The van der Waals surface area contributed by atoms with Gasteiger partial charge in [-0.15, -0.1) is 0 Å². The van der Waals surface area contributed by atoms with Crippen LogP contribution >= 0.6 is 15.9 Å². The first-order valence-electron chi connectivity index (χ1n) is 4.29. The van der Waals surface area contributed by atoms with Crippen LogP contribution in [-0.4, -0.2) is 11.8 Å². The van der Waals surface area contributed by atoms with Crippen LogP contribution in [0, 0.1) is 13.8 Å². The smallest absolute Gasteiger partial charge is 0.121 e. The maximum Gasteiger partial charge on any atom is 0.121 e. The molecule has 2 nitrogen and oxygen atoms in total. The number of hydrogen-bond acceptors (Lipinski definition) is 2. The molecular weight excluding hydrogens is 249 g/mol. The van der Waals surface area contributed by atoms with Gasteiger partial charge in [0.1, 0.15) is 12.4 Å². The Bertz CT molecular complexity index is 354. The average Bonchev–Trinajstić information content (AvgIpc) is 2.14. The lowest BCUT2D eigenvalue weighted by atomic mass is 9.99. The summed E-state index contributed by atoms with van der Waals surface area (Å²) in [6.45, 7) is 2.99. The van der Waals surface area contributed by atoms with Gasteiger partial charge >= 0.3 is 0 Å². The molecule has 0 unspecified atom stereocenters. The van der Waals surface area contributed by atoms with Crippen LogP contribution in [0.3, 0.4) is 0 Å². The van der Waals surface area contributed by atoms with Crippen LogP contribution in [0.15, 0.2) is 10.5 Å². The molecule has 1 atom stereocenters. The van der Waals surface area contributed by atoms with Gasteiger partial charge in [0.15, 0.2) is 0 Å². The van der Waals surface area contributed by atoms with Gasteiger partial charge in [-0.3, -0.25) is 0 Å². The van der Waals surface area contributed by atoms with E-state index in [-0.39, 0.29) is 5.75 Å². The highest BCUT2D eigenvalue weighted by Gasteiger charge is 2.16. The Balaban J connectivity index is 3.36. The molecule has 0 bridgehead atoms. The van der Waals surface area contributed by atoms with Gasteiger partial charge in [0.05, 0.1) is 6.04 Å². The van der Waals surface area contributed by atoms with Gasteiger partial charge in [-0.05, 0) is 31.0 Å². The lowest BCUT2D eigenvalue weighted by Crippen LogP contribution is -2.14. The molecule has 1 aromatic rings. The lowest BCUT2D eigenvalue weighted by Gasteiger charge is -2.16. The first kappa shape index (κ1) is 11.5. The number of aromatic hydroxyl groups is 1. The average molecular weight is 262 g/mol. The van der Waals surface area contributed by atoms with E-state index in [0.29, 0.717) is 5.56 Å². The quantitative estimate of drug-likeness (QED) is 0.860. The van der Waals surface area contributed by atoms with E-state index in [9.17, 15) is 9.50 Å². The zero-order valence-corrected chi connectivity index (χ0v) is 9.73. The van der Waals surface area contributed by atoms with E-state index >= 15 is 0 Å². The van der Waals surface area contributed by atoms with Crippen molar-refractivity contribution in [2.45, 2.75) is 19.9 Å². The molecule has 0 aliphatic rings. The molecule has 0 aliphatic carbocycles. The normalized spacial score (nSPS) is 12.9. The molecule has 0 fully saturated rings. The SMILES string of the molecule is Cc1cc(O)c([C@@H](N)CF)c(C)c1Br. The molecule has 0 saturated carbocycles. The highest BCUT2D eigenvalue weighted by atomic mass is 79.9. The number of alkyl halides is 1. The fraction of sp³-hybridized carbons (Fsp3) is 0.400. The van der Waals surface area contributed by atoms with E-state index in [4.69, 9.17) is 5.73 Å². The zero-order valence-electron chi connectivity index (χ0n) is 8.14. The summed E-state index contributed by atoms with van der Waals surface area (Å²) in [6.07, 6.45) is 0. The number of phenolic OH excluding ortho intramolecular Hbond substituents is 1. The van der Waals surface area contributed by atoms with Crippen molar-refractivity contribution in [3.63, 3.8) is 0 Å². The van der Waals surface area contributed by atoms with E-state index in [0.717, 1.165) is 15.6 Å². The molecule has 1 rings (SSSR count). The van der Waals surface area contributed by atoms with Crippen molar-refractivity contribution in [1.29, 1.82) is 0 Å². The van der Waals surface area contributed by atoms with Crippen LogP contribution in [0.25, 0.3) is 0 Å². The monoisotopic (exact) mass is 261 g/mol. The van der Waals surface area contributed by atoms with Crippen molar-refractivity contribution >= 4 is 15.9 Å². The Hall–Kier alpha value is -0.610. The molecule has 3 N–H and O–H groups in total. The van der Waals surface area contributed by atoms with Crippen LogP contribution in [0.1, 0.15) is 22.7 Å². The maximum atomic E-state index is 12.4. The summed E-state index contributed by atoms with van der Waals surface area (Å²) in [5.74, 6) is 0.0633. The molecular formula is C10H13BrFNO. The topological polar surface area (TPSA) is 46.2 Å². The Labute approximate surface area is 91.1 Å². The second-order valence-electron chi connectivity index (χ2n) is 3.33. The molecule has 78 valence electrons. The minimum Gasteiger partial charge on any atom is -0.508 e. The van der Waals surface area contributed by atoms with Crippen molar-refractivity contribution < 1.29 is 9.50 Å². The van der Waals surface area contributed by atoms with Gasteiger partial charge in [-0.25, -0.2) is 4.39 Å². The molecule has 14 heavy (non-hydrogen) atoms. The Morgan fingerprint density at radius 3 is 2.64 bits per heavy atom. The molecule has 4 heteroatoms. The van der Waals surface area contributed by atoms with Gasteiger partial charge in [0.2, 0.25) is 0 Å². The van der Waals surface area contributed by atoms with Crippen LogP contribution < -0.4 is 5.73 Å². The second kappa shape index (κ2) is 4.28. The summed E-state index contributed by atoms with van der Waals surface area (Å²) >= 11 is 3.37. The van der Waals surface area contributed by atoms with Crippen molar-refractivity contribution in [3.8, 4) is 5.75 Å². The van der Waals surface area contributed by atoms with E-state index in [1.807, 2.05) is 13.8 Å². The van der Waals surface area contributed by atoms with Crippen molar-refractivity contribution in [2.75, 3.05) is 6.67 Å². The van der Waals surface area contributed by atoms with Gasteiger partial charge in [-0.1, -0.05) is 15.9 Å². The first-order chi connectivity index (χ1) is 6.49. The van der Waals surface area contributed by atoms with E-state index < -0.39 is 12.7 Å². The number of hydrogen-bond donors (Lipinski definition) is 2. The van der Waals surface area contributed by atoms with Crippen molar-refractivity contribution in [3.05, 3.63) is 27.2 Å². The van der Waals surface area contributed by atoms with E-state index in [2.05, 4.69) is 15.9 Å². The summed E-state index contributed by atoms with van der Waals surface area (Å²) in [6, 6.07) is 0.828. The van der Waals surface area contributed by atoms with Crippen LogP contribution in [0.4, 0.5) is 4.39 Å². The van der Waals surface area contributed by atoms with E-state index in [1.54, 1.807) is 6.07 Å². The summed E-state index contributed by atoms with van der Waals surface area (Å²) in [4.78, 5) is 0. The van der Waals surface area contributed by atoms with Crippen molar-refractivity contribution in [2.24, 2.45) is 5.73 Å². The summed E-state index contributed by atoms with van der Waals surface area (Å²) < 4.78 is 13.3. The van der Waals surface area contributed by atoms with Crippen LogP contribution in [0.5, 0.6) is 5.75 Å². The zero-order chi connectivity index (χ0) is 10.9. The number of aryl methyl sites for hydroxylation is 1. The fourth-order valence-electron chi connectivity index (χ4n) is 1.50. The molecule has 0 aliphatic heterocycles. The summed E-state index contributed by atoms with van der Waals surface area (Å²) in [5, 5.41) is 9.63. The predicted octanol–water partition coefficient (Wildman–Crippen LogP) is 2.74. The molecule has 0 aromatic heterocycles. The highest BCUT2D eigenvalue weighted by molar-refractivity contribution is 9.10. The number of nitrogens with two attached hydrogens (primary N) is 1. The Morgan fingerprint density at radius 2 is 2.14 bits per heavy atom. The fourth-order valence-corrected chi connectivity index (χ4v) is 1.83. The van der Waals surface area contributed by atoms with Crippen LogP contribution in [-0.2, 0) is 0 Å². The largest absolute Gasteiger partial charge is 0.508 e. The third kappa shape index (κ3) is 1.91. The summed E-state index contributed by atoms with van der Waals surface area (Å²) in [7, 11) is 0. The maximum absolute atomic E-state index is 12.4. The second-order valence-corrected chi connectivity index (χ2v) is 4.12. The third-order valence-electron chi connectivity index (χ3n) is 2.25. The number of benzene rings is 1. The van der Waals surface area contributed by atoms with Gasteiger partial charge < -0.3 is 10.8 Å². The minimum atomic E-state index is -0.758.